The Bertz CT molecular complexity index is 693. The van der Waals surface area contributed by atoms with Crippen LogP contribution in [0.25, 0.3) is 11.4 Å². The lowest BCUT2D eigenvalue weighted by atomic mass is 10.2. The first kappa shape index (κ1) is 12.2. The van der Waals surface area contributed by atoms with E-state index in [0.717, 1.165) is 22.8 Å². The van der Waals surface area contributed by atoms with E-state index < -0.39 is 0 Å². The van der Waals surface area contributed by atoms with Gasteiger partial charge in [0.1, 0.15) is 5.82 Å². The SMILES string of the molecule is Cc1nccc(CNc2cccc(-c3nn[nH]n3)c2)n1. The fraction of sp³-hybridized carbons (Fsp3) is 0.154. The number of benzene rings is 1. The standard InChI is InChI=1S/C13H13N7/c1-9-14-6-5-12(16-9)8-15-11-4-2-3-10(7-11)13-17-19-20-18-13/h2-7,15H,8H2,1H3,(H,17,18,19,20). The molecule has 7 nitrogen and oxygen atoms in total. The van der Waals surface area contributed by atoms with Gasteiger partial charge in [0.15, 0.2) is 0 Å². The van der Waals surface area contributed by atoms with E-state index in [1.54, 1.807) is 6.20 Å². The van der Waals surface area contributed by atoms with Crippen LogP contribution in [0.4, 0.5) is 5.69 Å². The van der Waals surface area contributed by atoms with Crippen LogP contribution in [-0.2, 0) is 6.54 Å². The van der Waals surface area contributed by atoms with Crippen molar-refractivity contribution in [3.05, 3.63) is 48.0 Å². The van der Waals surface area contributed by atoms with Crippen molar-refractivity contribution in [2.24, 2.45) is 0 Å². The molecule has 1 aromatic carbocycles. The third kappa shape index (κ3) is 2.77. The number of tetrazole rings is 1. The number of nitrogens with one attached hydrogen (secondary N) is 2. The van der Waals surface area contributed by atoms with Gasteiger partial charge in [0, 0.05) is 17.4 Å². The molecule has 20 heavy (non-hydrogen) atoms. The Morgan fingerprint density at radius 3 is 3.00 bits per heavy atom. The van der Waals surface area contributed by atoms with Crippen molar-refractivity contribution in [2.75, 3.05) is 5.32 Å². The van der Waals surface area contributed by atoms with Gasteiger partial charge in [0.2, 0.25) is 5.82 Å². The minimum Gasteiger partial charge on any atom is -0.379 e. The van der Waals surface area contributed by atoms with Crippen molar-refractivity contribution in [3.63, 3.8) is 0 Å². The molecule has 0 bridgehead atoms. The van der Waals surface area contributed by atoms with Crippen LogP contribution in [0.1, 0.15) is 11.5 Å². The third-order valence-corrected chi connectivity index (χ3v) is 2.77. The smallest absolute Gasteiger partial charge is 0.204 e. The number of H-pyrrole nitrogens is 1. The van der Waals surface area contributed by atoms with Crippen LogP contribution in [0, 0.1) is 6.92 Å². The highest BCUT2D eigenvalue weighted by atomic mass is 15.5. The minimum absolute atomic E-state index is 0.575. The van der Waals surface area contributed by atoms with Crippen LogP contribution in [-0.4, -0.2) is 30.6 Å². The molecule has 0 radical (unpaired) electrons. The number of nitrogens with zero attached hydrogens (tertiary/aromatic N) is 5. The number of hydrogen-bond acceptors (Lipinski definition) is 6. The van der Waals surface area contributed by atoms with E-state index in [1.807, 2.05) is 37.3 Å². The largest absolute Gasteiger partial charge is 0.379 e. The van der Waals surface area contributed by atoms with E-state index in [2.05, 4.69) is 35.9 Å². The lowest BCUT2D eigenvalue weighted by Crippen LogP contribution is -2.03. The van der Waals surface area contributed by atoms with E-state index >= 15 is 0 Å². The molecule has 0 spiro atoms. The first-order valence-corrected chi connectivity index (χ1v) is 6.17. The van der Waals surface area contributed by atoms with Crippen LogP contribution < -0.4 is 5.32 Å². The molecule has 0 amide bonds. The van der Waals surface area contributed by atoms with Gasteiger partial charge < -0.3 is 5.32 Å². The quantitative estimate of drug-likeness (QED) is 0.745. The molecule has 2 heterocycles. The zero-order valence-corrected chi connectivity index (χ0v) is 10.9. The predicted molar refractivity (Wildman–Crippen MR) is 73.7 cm³/mol. The second kappa shape index (κ2) is 5.43. The van der Waals surface area contributed by atoms with Crippen molar-refractivity contribution in [1.82, 2.24) is 30.6 Å². The van der Waals surface area contributed by atoms with Crippen molar-refractivity contribution in [1.29, 1.82) is 0 Å². The Morgan fingerprint density at radius 2 is 2.20 bits per heavy atom. The highest BCUT2D eigenvalue weighted by Gasteiger charge is 2.03. The van der Waals surface area contributed by atoms with E-state index in [0.29, 0.717) is 12.4 Å². The summed E-state index contributed by atoms with van der Waals surface area (Å²) in [5.41, 5.74) is 2.83. The molecule has 2 N–H and O–H groups in total. The highest BCUT2D eigenvalue weighted by molar-refractivity contribution is 5.61. The molecule has 0 aliphatic rings. The second-order valence-corrected chi connectivity index (χ2v) is 4.26. The van der Waals surface area contributed by atoms with Crippen LogP contribution in [0.3, 0.4) is 0 Å². The van der Waals surface area contributed by atoms with E-state index in [9.17, 15) is 0 Å². The second-order valence-electron chi connectivity index (χ2n) is 4.26. The number of aromatic nitrogens is 6. The van der Waals surface area contributed by atoms with Crippen LogP contribution >= 0.6 is 0 Å². The molecule has 2 aromatic heterocycles. The summed E-state index contributed by atoms with van der Waals surface area (Å²) >= 11 is 0. The van der Waals surface area contributed by atoms with Gasteiger partial charge in [-0.25, -0.2) is 9.97 Å². The zero-order valence-electron chi connectivity index (χ0n) is 10.9. The van der Waals surface area contributed by atoms with Gasteiger partial charge in [0.05, 0.1) is 12.2 Å². The molecule has 0 aliphatic heterocycles. The van der Waals surface area contributed by atoms with E-state index in [4.69, 9.17) is 0 Å². The van der Waals surface area contributed by atoms with Crippen LogP contribution in [0.2, 0.25) is 0 Å². The van der Waals surface area contributed by atoms with Crippen LogP contribution in [0.5, 0.6) is 0 Å². The first-order chi connectivity index (χ1) is 9.81. The van der Waals surface area contributed by atoms with Gasteiger partial charge in [-0.1, -0.05) is 12.1 Å². The first-order valence-electron chi connectivity index (χ1n) is 6.17. The number of aryl methyl sites for hydroxylation is 1. The van der Waals surface area contributed by atoms with Gasteiger partial charge in [-0.2, -0.15) is 5.21 Å². The summed E-state index contributed by atoms with van der Waals surface area (Å²) in [6.07, 6.45) is 1.76. The molecule has 0 atom stereocenters. The molecule has 100 valence electrons. The maximum Gasteiger partial charge on any atom is 0.204 e. The molecule has 0 unspecified atom stereocenters. The van der Waals surface area contributed by atoms with Crippen LogP contribution in [0.15, 0.2) is 36.5 Å². The third-order valence-electron chi connectivity index (χ3n) is 2.77. The molecular weight excluding hydrogens is 254 g/mol. The lowest BCUT2D eigenvalue weighted by Gasteiger charge is -2.07. The Kier molecular flexibility index (Phi) is 3.32. The summed E-state index contributed by atoms with van der Waals surface area (Å²) in [4.78, 5) is 8.42. The predicted octanol–water partition coefficient (Wildman–Crippen LogP) is 1.58. The fourth-order valence-corrected chi connectivity index (χ4v) is 1.85. The summed E-state index contributed by atoms with van der Waals surface area (Å²) in [7, 11) is 0. The fourth-order valence-electron chi connectivity index (χ4n) is 1.85. The Morgan fingerprint density at radius 1 is 1.25 bits per heavy atom. The average Bonchev–Trinajstić information content (AvgIpc) is 3.00. The number of aromatic amines is 1. The zero-order chi connectivity index (χ0) is 13.8. The van der Waals surface area contributed by atoms with E-state index in [1.165, 1.54) is 0 Å². The molecule has 0 aliphatic carbocycles. The maximum atomic E-state index is 4.35. The van der Waals surface area contributed by atoms with Crippen molar-refractivity contribution >= 4 is 5.69 Å². The Balaban J connectivity index is 1.73. The lowest BCUT2D eigenvalue weighted by molar-refractivity contribution is 0.881. The van der Waals surface area contributed by atoms with E-state index in [-0.39, 0.29) is 0 Å². The molecule has 3 aromatic rings. The summed E-state index contributed by atoms with van der Waals surface area (Å²) < 4.78 is 0. The highest BCUT2D eigenvalue weighted by Crippen LogP contribution is 2.18. The van der Waals surface area contributed by atoms with Gasteiger partial charge >= 0.3 is 0 Å². The monoisotopic (exact) mass is 267 g/mol. The number of anilines is 1. The summed E-state index contributed by atoms with van der Waals surface area (Å²) in [5.74, 6) is 1.34. The normalized spacial score (nSPS) is 10.4. The average molecular weight is 267 g/mol. The summed E-state index contributed by atoms with van der Waals surface area (Å²) in [6, 6.07) is 9.73. The molecule has 7 heteroatoms. The van der Waals surface area contributed by atoms with Gasteiger partial charge in [-0.3, -0.25) is 0 Å². The Labute approximate surface area is 115 Å². The summed E-state index contributed by atoms with van der Waals surface area (Å²) in [6.45, 7) is 2.51. The summed E-state index contributed by atoms with van der Waals surface area (Å²) in [5, 5.41) is 17.2. The minimum atomic E-state index is 0.575. The molecular formula is C13H13N7. The van der Waals surface area contributed by atoms with Crippen molar-refractivity contribution in [3.8, 4) is 11.4 Å². The molecule has 3 rings (SSSR count). The number of rotatable bonds is 4. The molecule has 0 saturated carbocycles. The molecule has 0 fully saturated rings. The van der Waals surface area contributed by atoms with Crippen molar-refractivity contribution in [2.45, 2.75) is 13.5 Å². The number of hydrogen-bond donors (Lipinski definition) is 2. The Hall–Kier alpha value is -2.83. The van der Waals surface area contributed by atoms with Gasteiger partial charge in [0.25, 0.3) is 0 Å². The molecule has 0 saturated heterocycles. The van der Waals surface area contributed by atoms with Gasteiger partial charge in [-0.15, -0.1) is 10.2 Å². The van der Waals surface area contributed by atoms with Gasteiger partial charge in [-0.05, 0) is 30.3 Å². The topological polar surface area (TPSA) is 92.3 Å². The van der Waals surface area contributed by atoms with Crippen molar-refractivity contribution < 1.29 is 0 Å². The maximum absolute atomic E-state index is 4.35.